The summed E-state index contributed by atoms with van der Waals surface area (Å²) in [7, 11) is -3.25. The molecular formula is C10H12ClNO3S. The van der Waals surface area contributed by atoms with Crippen LogP contribution in [0, 0.1) is 0 Å². The van der Waals surface area contributed by atoms with Crippen molar-refractivity contribution < 1.29 is 13.2 Å². The Kier molecular flexibility index (Phi) is 4.32. The van der Waals surface area contributed by atoms with E-state index in [1.165, 1.54) is 12.1 Å². The summed E-state index contributed by atoms with van der Waals surface area (Å²) in [5.74, 6) is -0.00178. The highest BCUT2D eigenvalue weighted by molar-refractivity contribution is 7.90. The van der Waals surface area contributed by atoms with E-state index in [-0.39, 0.29) is 23.1 Å². The summed E-state index contributed by atoms with van der Waals surface area (Å²) in [5.41, 5.74) is 0.457. The lowest BCUT2D eigenvalue weighted by Gasteiger charge is -2.05. The second-order valence-corrected chi connectivity index (χ2v) is 5.68. The van der Waals surface area contributed by atoms with Crippen LogP contribution in [0.15, 0.2) is 29.2 Å². The van der Waals surface area contributed by atoms with Crippen LogP contribution < -0.4 is 5.32 Å². The lowest BCUT2D eigenvalue weighted by Crippen LogP contribution is -2.12. The first-order valence-corrected chi connectivity index (χ1v) is 7.02. The Morgan fingerprint density at radius 2 is 2.12 bits per heavy atom. The van der Waals surface area contributed by atoms with E-state index in [9.17, 15) is 13.2 Å². The third-order valence-electron chi connectivity index (χ3n) is 1.87. The molecular weight excluding hydrogens is 250 g/mol. The van der Waals surface area contributed by atoms with Crippen LogP contribution in [0.2, 0.25) is 0 Å². The van der Waals surface area contributed by atoms with Crippen molar-refractivity contribution in [3.63, 3.8) is 0 Å². The lowest BCUT2D eigenvalue weighted by atomic mass is 10.3. The van der Waals surface area contributed by atoms with Crippen molar-refractivity contribution in [2.45, 2.75) is 11.3 Å². The van der Waals surface area contributed by atoms with E-state index in [0.717, 1.165) is 6.26 Å². The van der Waals surface area contributed by atoms with Crippen molar-refractivity contribution in [2.75, 3.05) is 17.5 Å². The molecule has 16 heavy (non-hydrogen) atoms. The Morgan fingerprint density at radius 1 is 1.44 bits per heavy atom. The third kappa shape index (κ3) is 3.83. The van der Waals surface area contributed by atoms with Crippen LogP contribution in [0.4, 0.5) is 5.69 Å². The number of sulfone groups is 1. The van der Waals surface area contributed by atoms with E-state index in [4.69, 9.17) is 11.6 Å². The van der Waals surface area contributed by atoms with Crippen LogP contribution >= 0.6 is 11.6 Å². The predicted molar refractivity (Wildman–Crippen MR) is 63.5 cm³/mol. The van der Waals surface area contributed by atoms with Gasteiger partial charge >= 0.3 is 0 Å². The minimum absolute atomic E-state index is 0.177. The summed E-state index contributed by atoms with van der Waals surface area (Å²) in [5, 5.41) is 2.57. The van der Waals surface area contributed by atoms with Gasteiger partial charge < -0.3 is 5.32 Å². The fourth-order valence-corrected chi connectivity index (χ4v) is 1.95. The van der Waals surface area contributed by atoms with Crippen LogP contribution in [0.5, 0.6) is 0 Å². The van der Waals surface area contributed by atoms with Crippen LogP contribution in [-0.2, 0) is 14.6 Å². The molecule has 1 aromatic carbocycles. The maximum Gasteiger partial charge on any atom is 0.225 e. The quantitative estimate of drug-likeness (QED) is 0.839. The highest BCUT2D eigenvalue weighted by Crippen LogP contribution is 2.15. The molecule has 88 valence electrons. The molecule has 0 aliphatic heterocycles. The fraction of sp³-hybridized carbons (Fsp3) is 0.300. The molecule has 0 saturated heterocycles. The average molecular weight is 262 g/mol. The molecule has 1 N–H and O–H groups in total. The van der Waals surface area contributed by atoms with Gasteiger partial charge in [-0.25, -0.2) is 8.42 Å². The minimum atomic E-state index is -3.25. The number of amides is 1. The van der Waals surface area contributed by atoms with Gasteiger partial charge in [0.15, 0.2) is 9.84 Å². The van der Waals surface area contributed by atoms with Crippen LogP contribution in [-0.4, -0.2) is 26.5 Å². The van der Waals surface area contributed by atoms with Gasteiger partial charge in [-0.1, -0.05) is 6.07 Å². The highest BCUT2D eigenvalue weighted by Gasteiger charge is 2.08. The van der Waals surface area contributed by atoms with E-state index in [0.29, 0.717) is 5.69 Å². The normalized spacial score (nSPS) is 11.1. The van der Waals surface area contributed by atoms with E-state index in [1.807, 2.05) is 0 Å². The Bertz CT molecular complexity index is 485. The summed E-state index contributed by atoms with van der Waals surface area (Å²) >= 11 is 5.41. The number of anilines is 1. The molecule has 0 radical (unpaired) electrons. The van der Waals surface area contributed by atoms with Gasteiger partial charge in [0.2, 0.25) is 5.91 Å². The zero-order chi connectivity index (χ0) is 12.2. The Morgan fingerprint density at radius 3 is 2.69 bits per heavy atom. The third-order valence-corrected chi connectivity index (χ3v) is 3.17. The van der Waals surface area contributed by atoms with Gasteiger partial charge in [-0.05, 0) is 18.2 Å². The number of rotatable bonds is 4. The van der Waals surface area contributed by atoms with Gasteiger partial charge in [-0.3, -0.25) is 4.79 Å². The molecule has 6 heteroatoms. The topological polar surface area (TPSA) is 63.2 Å². The van der Waals surface area contributed by atoms with Crippen molar-refractivity contribution in [1.82, 2.24) is 0 Å². The highest BCUT2D eigenvalue weighted by atomic mass is 35.5. The number of hydrogen-bond donors (Lipinski definition) is 1. The molecule has 0 aliphatic rings. The number of alkyl halides is 1. The largest absolute Gasteiger partial charge is 0.326 e. The molecule has 0 unspecified atom stereocenters. The monoisotopic (exact) mass is 261 g/mol. The van der Waals surface area contributed by atoms with Gasteiger partial charge in [0.25, 0.3) is 0 Å². The SMILES string of the molecule is CS(=O)(=O)c1cccc(NC(=O)CCCl)c1. The van der Waals surface area contributed by atoms with Crippen molar-refractivity contribution in [1.29, 1.82) is 0 Å². The fourth-order valence-electron chi connectivity index (χ4n) is 1.11. The summed E-state index contributed by atoms with van der Waals surface area (Å²) in [6, 6.07) is 6.10. The van der Waals surface area contributed by atoms with E-state index < -0.39 is 9.84 Å². The number of carbonyl (C=O) groups is 1. The summed E-state index contributed by atoms with van der Waals surface area (Å²) < 4.78 is 22.5. The average Bonchev–Trinajstić information content (AvgIpc) is 2.17. The van der Waals surface area contributed by atoms with Crippen molar-refractivity contribution in [2.24, 2.45) is 0 Å². The van der Waals surface area contributed by atoms with Gasteiger partial charge in [0, 0.05) is 24.2 Å². The molecule has 0 atom stereocenters. The number of carbonyl (C=O) groups excluding carboxylic acids is 1. The van der Waals surface area contributed by atoms with Gasteiger partial charge in [-0.15, -0.1) is 11.6 Å². The second-order valence-electron chi connectivity index (χ2n) is 3.29. The number of halogens is 1. The maximum absolute atomic E-state index is 11.3. The smallest absolute Gasteiger partial charge is 0.225 e. The Balaban J connectivity index is 2.88. The van der Waals surface area contributed by atoms with Crippen molar-refractivity contribution >= 4 is 33.0 Å². The minimum Gasteiger partial charge on any atom is -0.326 e. The zero-order valence-electron chi connectivity index (χ0n) is 8.73. The molecule has 4 nitrogen and oxygen atoms in total. The molecule has 0 spiro atoms. The summed E-state index contributed by atoms with van der Waals surface area (Å²) in [6.45, 7) is 0. The standard InChI is InChI=1S/C10H12ClNO3S/c1-16(14,15)9-4-2-3-8(7-9)12-10(13)5-6-11/h2-4,7H,5-6H2,1H3,(H,12,13). The Labute approximate surface area is 99.5 Å². The van der Waals surface area contributed by atoms with Crippen molar-refractivity contribution in [3.8, 4) is 0 Å². The first-order chi connectivity index (χ1) is 7.43. The van der Waals surface area contributed by atoms with E-state index in [1.54, 1.807) is 12.1 Å². The number of benzene rings is 1. The summed E-state index contributed by atoms with van der Waals surface area (Å²) in [6.07, 6.45) is 1.32. The van der Waals surface area contributed by atoms with Gasteiger partial charge in [-0.2, -0.15) is 0 Å². The Hall–Kier alpha value is -1.07. The first-order valence-electron chi connectivity index (χ1n) is 4.59. The van der Waals surface area contributed by atoms with Crippen molar-refractivity contribution in [3.05, 3.63) is 24.3 Å². The zero-order valence-corrected chi connectivity index (χ0v) is 10.3. The van der Waals surface area contributed by atoms with E-state index in [2.05, 4.69) is 5.32 Å². The molecule has 1 aromatic rings. The van der Waals surface area contributed by atoms with Crippen LogP contribution in [0.3, 0.4) is 0 Å². The second kappa shape index (κ2) is 5.32. The number of nitrogens with one attached hydrogen (secondary N) is 1. The molecule has 0 aromatic heterocycles. The molecule has 0 fully saturated rings. The molecule has 1 amide bonds. The lowest BCUT2D eigenvalue weighted by molar-refractivity contribution is -0.115. The number of hydrogen-bond acceptors (Lipinski definition) is 3. The van der Waals surface area contributed by atoms with Crippen LogP contribution in [0.25, 0.3) is 0 Å². The maximum atomic E-state index is 11.3. The van der Waals surface area contributed by atoms with Crippen LogP contribution in [0.1, 0.15) is 6.42 Å². The molecule has 0 bridgehead atoms. The molecule has 0 saturated carbocycles. The summed E-state index contributed by atoms with van der Waals surface area (Å²) in [4.78, 5) is 11.4. The molecule has 0 aliphatic carbocycles. The molecule has 0 heterocycles. The predicted octanol–water partition coefficient (Wildman–Crippen LogP) is 1.66. The van der Waals surface area contributed by atoms with E-state index >= 15 is 0 Å². The first kappa shape index (κ1) is 13.0. The van der Waals surface area contributed by atoms with Gasteiger partial charge in [0.1, 0.15) is 0 Å². The van der Waals surface area contributed by atoms with Gasteiger partial charge in [0.05, 0.1) is 4.90 Å². The molecule has 1 rings (SSSR count).